The van der Waals surface area contributed by atoms with Gasteiger partial charge in [-0.15, -0.1) is 0 Å². The number of hydrogen-bond acceptors (Lipinski definition) is 5. The molecule has 2 rings (SSSR count). The number of halogens is 1. The first-order chi connectivity index (χ1) is 8.86. The maximum Gasteiger partial charge on any atom is 0.244 e. The van der Waals surface area contributed by atoms with Gasteiger partial charge >= 0.3 is 0 Å². The number of aliphatic hydroxyl groups is 2. The summed E-state index contributed by atoms with van der Waals surface area (Å²) in [5, 5.41) is 27.6. The highest BCUT2D eigenvalue weighted by molar-refractivity contribution is 7.89. The van der Waals surface area contributed by atoms with Gasteiger partial charge in [-0.25, -0.2) is 8.42 Å². The third-order valence-corrected chi connectivity index (χ3v) is 5.22. The van der Waals surface area contributed by atoms with E-state index in [0.29, 0.717) is 0 Å². The highest BCUT2D eigenvalue weighted by Gasteiger charge is 2.38. The van der Waals surface area contributed by atoms with E-state index in [0.717, 1.165) is 4.31 Å². The van der Waals surface area contributed by atoms with Crippen molar-refractivity contribution in [2.24, 2.45) is 0 Å². The predicted octanol–water partition coefficient (Wildman–Crippen LogP) is -0.0622. The summed E-state index contributed by atoms with van der Waals surface area (Å²) in [6, 6.07) is 5.75. The van der Waals surface area contributed by atoms with Crippen molar-refractivity contribution >= 4 is 21.6 Å². The SMILES string of the molecule is N#Cc1ccc(Cl)c(S(=O)(=O)N2C[C@@H](O)[C@@H](O)C2)c1. The zero-order chi connectivity index (χ0) is 14.2. The average molecular weight is 303 g/mol. The number of nitrogens with zero attached hydrogens (tertiary/aromatic N) is 2. The van der Waals surface area contributed by atoms with Gasteiger partial charge in [0.1, 0.15) is 4.90 Å². The predicted molar refractivity (Wildman–Crippen MR) is 66.9 cm³/mol. The van der Waals surface area contributed by atoms with Crippen LogP contribution in [0.4, 0.5) is 0 Å². The van der Waals surface area contributed by atoms with Gasteiger partial charge in [0.2, 0.25) is 10.0 Å². The van der Waals surface area contributed by atoms with Gasteiger partial charge in [0, 0.05) is 13.1 Å². The second-order valence-corrected chi connectivity index (χ2v) is 6.53. The zero-order valence-electron chi connectivity index (χ0n) is 9.69. The first-order valence-electron chi connectivity index (χ1n) is 5.42. The van der Waals surface area contributed by atoms with E-state index in [1.54, 1.807) is 0 Å². The second-order valence-electron chi connectivity index (χ2n) is 4.21. The third-order valence-electron chi connectivity index (χ3n) is 2.90. The lowest BCUT2D eigenvalue weighted by Gasteiger charge is -2.16. The summed E-state index contributed by atoms with van der Waals surface area (Å²) in [5.74, 6) is 0. The molecular formula is C11H11ClN2O4S. The van der Waals surface area contributed by atoms with Crippen LogP contribution in [0.2, 0.25) is 5.02 Å². The maximum atomic E-state index is 12.3. The molecule has 1 aromatic carbocycles. The van der Waals surface area contributed by atoms with Crippen LogP contribution >= 0.6 is 11.6 Å². The molecule has 8 heteroatoms. The molecule has 1 fully saturated rings. The van der Waals surface area contributed by atoms with Gasteiger partial charge in [-0.2, -0.15) is 9.57 Å². The Bertz CT molecular complexity index is 631. The van der Waals surface area contributed by atoms with E-state index in [1.165, 1.54) is 18.2 Å². The molecule has 0 bridgehead atoms. The van der Waals surface area contributed by atoms with E-state index in [4.69, 9.17) is 16.9 Å². The third kappa shape index (κ3) is 2.59. The number of benzene rings is 1. The molecular weight excluding hydrogens is 292 g/mol. The minimum atomic E-state index is -3.94. The molecule has 102 valence electrons. The Balaban J connectivity index is 2.43. The Labute approximate surface area is 115 Å². The van der Waals surface area contributed by atoms with Crippen LogP contribution in [0.15, 0.2) is 23.1 Å². The molecule has 0 aromatic heterocycles. The lowest BCUT2D eigenvalue weighted by atomic mass is 10.2. The van der Waals surface area contributed by atoms with Crippen molar-refractivity contribution in [1.82, 2.24) is 4.31 Å². The van der Waals surface area contributed by atoms with Crippen LogP contribution < -0.4 is 0 Å². The molecule has 0 radical (unpaired) electrons. The van der Waals surface area contributed by atoms with Gasteiger partial charge in [-0.1, -0.05) is 11.6 Å². The molecule has 19 heavy (non-hydrogen) atoms. The number of aliphatic hydroxyl groups excluding tert-OH is 2. The highest BCUT2D eigenvalue weighted by Crippen LogP contribution is 2.28. The van der Waals surface area contributed by atoms with Gasteiger partial charge < -0.3 is 10.2 Å². The fourth-order valence-corrected chi connectivity index (χ4v) is 3.82. The standard InChI is InChI=1S/C11H11ClN2O4S/c12-8-2-1-7(4-13)3-11(8)19(17,18)14-5-9(15)10(16)6-14/h1-3,9-10,15-16H,5-6H2/t9-,10+. The van der Waals surface area contributed by atoms with Gasteiger partial charge in [0.15, 0.2) is 0 Å². The lowest BCUT2D eigenvalue weighted by Crippen LogP contribution is -2.30. The molecule has 2 N–H and O–H groups in total. The van der Waals surface area contributed by atoms with Crippen LogP contribution in [0.1, 0.15) is 5.56 Å². The van der Waals surface area contributed by atoms with E-state index in [1.807, 2.05) is 6.07 Å². The zero-order valence-corrected chi connectivity index (χ0v) is 11.3. The smallest absolute Gasteiger partial charge is 0.244 e. The summed E-state index contributed by atoms with van der Waals surface area (Å²) in [6.45, 7) is -0.396. The minimum absolute atomic E-state index is 0.00474. The average Bonchev–Trinajstić information content (AvgIpc) is 2.71. The fraction of sp³-hybridized carbons (Fsp3) is 0.364. The summed E-state index contributed by atoms with van der Waals surface area (Å²) in [7, 11) is -3.94. The molecule has 0 amide bonds. The van der Waals surface area contributed by atoms with Gasteiger partial charge in [0.05, 0.1) is 28.9 Å². The molecule has 0 saturated carbocycles. The topological polar surface area (TPSA) is 102 Å². The van der Waals surface area contributed by atoms with Crippen LogP contribution in [0, 0.1) is 11.3 Å². The fourth-order valence-electron chi connectivity index (χ4n) is 1.84. The number of β-amino-alcohol motifs (C(OH)–C–C–N with tert-alkyl or cyclic N) is 2. The van der Waals surface area contributed by atoms with E-state index in [-0.39, 0.29) is 28.6 Å². The van der Waals surface area contributed by atoms with E-state index >= 15 is 0 Å². The lowest BCUT2D eigenvalue weighted by molar-refractivity contribution is 0.0572. The number of hydrogen-bond donors (Lipinski definition) is 2. The van der Waals surface area contributed by atoms with E-state index in [2.05, 4.69) is 0 Å². The van der Waals surface area contributed by atoms with Crippen molar-refractivity contribution in [1.29, 1.82) is 5.26 Å². The highest BCUT2D eigenvalue weighted by atomic mass is 35.5. The molecule has 1 saturated heterocycles. The summed E-state index contributed by atoms with van der Waals surface area (Å²) in [5.41, 5.74) is 0.170. The van der Waals surface area contributed by atoms with Crippen molar-refractivity contribution in [3.8, 4) is 6.07 Å². The maximum absolute atomic E-state index is 12.3. The van der Waals surface area contributed by atoms with Gasteiger partial charge in [0.25, 0.3) is 0 Å². The molecule has 0 aliphatic carbocycles. The van der Waals surface area contributed by atoms with Crippen molar-refractivity contribution in [3.05, 3.63) is 28.8 Å². The minimum Gasteiger partial charge on any atom is -0.389 e. The Morgan fingerprint density at radius 1 is 1.32 bits per heavy atom. The summed E-state index contributed by atoms with van der Waals surface area (Å²) < 4.78 is 25.6. The van der Waals surface area contributed by atoms with Crippen LogP contribution in [0.25, 0.3) is 0 Å². The number of rotatable bonds is 2. The Morgan fingerprint density at radius 2 is 1.89 bits per heavy atom. The van der Waals surface area contributed by atoms with Crippen LogP contribution in [0.5, 0.6) is 0 Å². The molecule has 2 atom stereocenters. The Hall–Kier alpha value is -1.17. The largest absolute Gasteiger partial charge is 0.389 e. The quantitative estimate of drug-likeness (QED) is 0.797. The summed E-state index contributed by atoms with van der Waals surface area (Å²) >= 11 is 5.85. The van der Waals surface area contributed by atoms with Crippen molar-refractivity contribution in [3.63, 3.8) is 0 Å². The summed E-state index contributed by atoms with van der Waals surface area (Å²) in [6.07, 6.45) is -2.24. The van der Waals surface area contributed by atoms with Gasteiger partial charge in [-0.05, 0) is 18.2 Å². The van der Waals surface area contributed by atoms with E-state index in [9.17, 15) is 18.6 Å². The van der Waals surface area contributed by atoms with Gasteiger partial charge in [-0.3, -0.25) is 0 Å². The second kappa shape index (κ2) is 5.07. The van der Waals surface area contributed by atoms with Crippen molar-refractivity contribution in [2.45, 2.75) is 17.1 Å². The first kappa shape index (κ1) is 14.2. The molecule has 1 aromatic rings. The van der Waals surface area contributed by atoms with Crippen molar-refractivity contribution in [2.75, 3.05) is 13.1 Å². The normalized spacial score (nSPS) is 24.3. The molecule has 1 heterocycles. The molecule has 0 unspecified atom stereocenters. The molecule has 1 aliphatic rings. The van der Waals surface area contributed by atoms with Crippen LogP contribution in [-0.2, 0) is 10.0 Å². The van der Waals surface area contributed by atoms with Crippen molar-refractivity contribution < 1.29 is 18.6 Å². The number of nitriles is 1. The summed E-state index contributed by atoms with van der Waals surface area (Å²) in [4.78, 5) is -0.200. The van der Waals surface area contributed by atoms with Crippen LogP contribution in [-0.4, -0.2) is 48.2 Å². The van der Waals surface area contributed by atoms with E-state index < -0.39 is 22.2 Å². The first-order valence-corrected chi connectivity index (χ1v) is 7.24. The van der Waals surface area contributed by atoms with Crippen LogP contribution in [0.3, 0.4) is 0 Å². The monoisotopic (exact) mass is 302 g/mol. The Kier molecular flexibility index (Phi) is 3.80. The Morgan fingerprint density at radius 3 is 2.42 bits per heavy atom. The molecule has 0 spiro atoms. The molecule has 1 aliphatic heterocycles. The number of sulfonamides is 1. The molecule has 6 nitrogen and oxygen atoms in total.